The Morgan fingerprint density at radius 2 is 2.05 bits per heavy atom. The Hall–Kier alpha value is -1.14. The molecule has 0 saturated carbocycles. The van der Waals surface area contributed by atoms with Crippen LogP contribution >= 0.6 is 0 Å². The molecule has 1 atom stereocenters. The van der Waals surface area contributed by atoms with E-state index in [-0.39, 0.29) is 29.9 Å². The van der Waals surface area contributed by atoms with Crippen molar-refractivity contribution in [3.63, 3.8) is 0 Å². The molecule has 114 valence electrons. The monoisotopic (exact) mass is 284 g/mol. The molecule has 2 saturated heterocycles. The van der Waals surface area contributed by atoms with Crippen molar-refractivity contribution in [1.82, 2.24) is 10.2 Å². The number of hydrogen-bond acceptors (Lipinski definition) is 4. The molecule has 0 aromatic heterocycles. The van der Waals surface area contributed by atoms with Gasteiger partial charge in [0.25, 0.3) is 0 Å². The van der Waals surface area contributed by atoms with Gasteiger partial charge in [-0.3, -0.25) is 9.59 Å². The lowest BCUT2D eigenvalue weighted by molar-refractivity contribution is -0.136. The third-order valence-electron chi connectivity index (χ3n) is 4.58. The number of amides is 2. The van der Waals surface area contributed by atoms with Crippen LogP contribution in [0.1, 0.15) is 26.2 Å². The second-order valence-electron chi connectivity index (χ2n) is 5.75. The number of methoxy groups -OCH3 is 1. The minimum atomic E-state index is -0.101. The Labute approximate surface area is 119 Å². The molecule has 2 amide bonds. The number of likely N-dealkylation sites (tertiary alicyclic amines) is 1. The molecule has 2 aliphatic rings. The molecule has 1 spiro atoms. The van der Waals surface area contributed by atoms with Gasteiger partial charge in [0.05, 0.1) is 12.6 Å². The fraction of sp³-hybridized carbons (Fsp3) is 0.857. The van der Waals surface area contributed by atoms with Gasteiger partial charge < -0.3 is 19.7 Å². The lowest BCUT2D eigenvalue weighted by atomic mass is 9.69. The van der Waals surface area contributed by atoms with Crippen molar-refractivity contribution in [3.8, 4) is 0 Å². The van der Waals surface area contributed by atoms with Crippen LogP contribution in [0, 0.1) is 5.41 Å². The maximum Gasteiger partial charge on any atom is 0.246 e. The zero-order valence-electron chi connectivity index (χ0n) is 12.3. The van der Waals surface area contributed by atoms with E-state index in [1.807, 2.05) is 4.90 Å². The van der Waals surface area contributed by atoms with Gasteiger partial charge in [0, 0.05) is 33.7 Å². The molecular weight excluding hydrogens is 260 g/mol. The summed E-state index contributed by atoms with van der Waals surface area (Å²) in [6.45, 7) is 4.51. The van der Waals surface area contributed by atoms with E-state index in [0.29, 0.717) is 6.61 Å². The van der Waals surface area contributed by atoms with Crippen LogP contribution < -0.4 is 5.32 Å². The summed E-state index contributed by atoms with van der Waals surface area (Å²) < 4.78 is 10.4. The number of rotatable bonds is 3. The van der Waals surface area contributed by atoms with Gasteiger partial charge >= 0.3 is 0 Å². The molecule has 0 aromatic carbocycles. The predicted molar refractivity (Wildman–Crippen MR) is 73.2 cm³/mol. The highest BCUT2D eigenvalue weighted by Crippen LogP contribution is 2.40. The van der Waals surface area contributed by atoms with Crippen molar-refractivity contribution in [2.75, 3.05) is 40.0 Å². The Bertz CT molecular complexity index is 364. The minimum absolute atomic E-state index is 0.0213. The topological polar surface area (TPSA) is 67.9 Å². The molecule has 6 heteroatoms. The number of nitrogens with zero attached hydrogens (tertiary/aromatic N) is 1. The second-order valence-corrected chi connectivity index (χ2v) is 5.75. The third-order valence-corrected chi connectivity index (χ3v) is 4.58. The fourth-order valence-corrected chi connectivity index (χ4v) is 3.25. The molecule has 6 nitrogen and oxygen atoms in total. The maximum absolute atomic E-state index is 11.8. The smallest absolute Gasteiger partial charge is 0.246 e. The maximum atomic E-state index is 11.8. The molecule has 1 N–H and O–H groups in total. The summed E-state index contributed by atoms with van der Waals surface area (Å²) in [6, 6.07) is 0.0213. The van der Waals surface area contributed by atoms with Crippen molar-refractivity contribution in [2.45, 2.75) is 32.2 Å². The molecular formula is C14H24N2O4. The molecule has 0 radical (unpaired) electrons. The first-order valence-corrected chi connectivity index (χ1v) is 7.19. The van der Waals surface area contributed by atoms with Crippen molar-refractivity contribution < 1.29 is 19.1 Å². The summed E-state index contributed by atoms with van der Waals surface area (Å²) in [5.41, 5.74) is 0.0631. The predicted octanol–water partition coefficient (Wildman–Crippen LogP) is 0.167. The van der Waals surface area contributed by atoms with Crippen molar-refractivity contribution in [3.05, 3.63) is 0 Å². The van der Waals surface area contributed by atoms with Crippen LogP contribution in [0.15, 0.2) is 0 Å². The van der Waals surface area contributed by atoms with E-state index < -0.39 is 0 Å². The summed E-state index contributed by atoms with van der Waals surface area (Å²) in [5.74, 6) is 0.0308. The van der Waals surface area contributed by atoms with Crippen LogP contribution in [-0.4, -0.2) is 62.8 Å². The summed E-state index contributed by atoms with van der Waals surface area (Å²) in [6.07, 6.45) is 2.79. The van der Waals surface area contributed by atoms with Gasteiger partial charge in [-0.15, -0.1) is 0 Å². The SMILES string of the molecule is COCC(=O)NC1COCCC12CCN(C(C)=O)CC2. The largest absolute Gasteiger partial charge is 0.379 e. The lowest BCUT2D eigenvalue weighted by Gasteiger charge is -2.48. The van der Waals surface area contributed by atoms with Crippen LogP contribution in [0.4, 0.5) is 0 Å². The molecule has 2 rings (SSSR count). The van der Waals surface area contributed by atoms with Gasteiger partial charge in [-0.1, -0.05) is 0 Å². The molecule has 20 heavy (non-hydrogen) atoms. The number of ether oxygens (including phenoxy) is 2. The molecule has 0 aromatic rings. The third kappa shape index (κ3) is 3.30. The fourth-order valence-electron chi connectivity index (χ4n) is 3.25. The van der Waals surface area contributed by atoms with Crippen LogP contribution in [0.25, 0.3) is 0 Å². The Kier molecular flexibility index (Phi) is 4.99. The van der Waals surface area contributed by atoms with Gasteiger partial charge in [0.1, 0.15) is 6.61 Å². The van der Waals surface area contributed by atoms with E-state index in [0.717, 1.165) is 39.0 Å². The summed E-state index contributed by atoms with van der Waals surface area (Å²) >= 11 is 0. The van der Waals surface area contributed by atoms with Crippen molar-refractivity contribution >= 4 is 11.8 Å². The quantitative estimate of drug-likeness (QED) is 0.802. The molecule has 2 heterocycles. The lowest BCUT2D eigenvalue weighted by Crippen LogP contribution is -2.58. The van der Waals surface area contributed by atoms with E-state index >= 15 is 0 Å². The highest BCUT2D eigenvalue weighted by atomic mass is 16.5. The van der Waals surface area contributed by atoms with Crippen LogP contribution in [0.5, 0.6) is 0 Å². The Morgan fingerprint density at radius 3 is 2.65 bits per heavy atom. The van der Waals surface area contributed by atoms with Crippen LogP contribution in [0.2, 0.25) is 0 Å². The standard InChI is InChI=1S/C14H24N2O4/c1-11(17)16-6-3-14(4-7-16)5-8-20-9-12(14)15-13(18)10-19-2/h12H,3-10H2,1-2H3,(H,15,18). The molecule has 0 aliphatic carbocycles. The molecule has 2 fully saturated rings. The first kappa shape index (κ1) is 15.3. The molecule has 2 aliphatic heterocycles. The average Bonchev–Trinajstić information content (AvgIpc) is 2.42. The number of carbonyl (C=O) groups excluding carboxylic acids is 2. The number of piperidine rings is 1. The van der Waals surface area contributed by atoms with E-state index in [9.17, 15) is 9.59 Å². The van der Waals surface area contributed by atoms with Crippen molar-refractivity contribution in [2.24, 2.45) is 5.41 Å². The van der Waals surface area contributed by atoms with Gasteiger partial charge in [-0.2, -0.15) is 0 Å². The number of carbonyl (C=O) groups is 2. The first-order valence-electron chi connectivity index (χ1n) is 7.19. The average molecular weight is 284 g/mol. The Morgan fingerprint density at radius 1 is 1.35 bits per heavy atom. The van der Waals surface area contributed by atoms with E-state index in [1.165, 1.54) is 7.11 Å². The normalized spacial score (nSPS) is 25.5. The van der Waals surface area contributed by atoms with Gasteiger partial charge in [0.15, 0.2) is 0 Å². The summed E-state index contributed by atoms with van der Waals surface area (Å²) in [5, 5.41) is 3.03. The van der Waals surface area contributed by atoms with Gasteiger partial charge in [-0.05, 0) is 24.7 Å². The first-order chi connectivity index (χ1) is 9.57. The molecule has 0 bridgehead atoms. The number of nitrogens with one attached hydrogen (secondary N) is 1. The van der Waals surface area contributed by atoms with E-state index in [4.69, 9.17) is 9.47 Å². The summed E-state index contributed by atoms with van der Waals surface area (Å²) in [4.78, 5) is 25.1. The van der Waals surface area contributed by atoms with E-state index in [1.54, 1.807) is 6.92 Å². The van der Waals surface area contributed by atoms with Crippen molar-refractivity contribution in [1.29, 1.82) is 0 Å². The highest BCUT2D eigenvalue weighted by molar-refractivity contribution is 5.77. The minimum Gasteiger partial charge on any atom is -0.379 e. The summed E-state index contributed by atoms with van der Waals surface area (Å²) in [7, 11) is 1.51. The van der Waals surface area contributed by atoms with Crippen LogP contribution in [0.3, 0.4) is 0 Å². The Balaban J connectivity index is 1.99. The van der Waals surface area contributed by atoms with Gasteiger partial charge in [0.2, 0.25) is 11.8 Å². The highest BCUT2D eigenvalue weighted by Gasteiger charge is 2.44. The zero-order valence-corrected chi connectivity index (χ0v) is 12.3. The van der Waals surface area contributed by atoms with E-state index in [2.05, 4.69) is 5.32 Å². The zero-order chi connectivity index (χ0) is 14.6. The molecule has 1 unspecified atom stereocenters. The number of hydrogen-bond donors (Lipinski definition) is 1. The van der Waals surface area contributed by atoms with Crippen LogP contribution in [-0.2, 0) is 19.1 Å². The van der Waals surface area contributed by atoms with Gasteiger partial charge in [-0.25, -0.2) is 0 Å². The second kappa shape index (κ2) is 6.54.